The number of aromatic nitrogens is 1. The average Bonchev–Trinajstić information content (AvgIpc) is 2.21. The summed E-state index contributed by atoms with van der Waals surface area (Å²) in [5.74, 6) is -1.63. The quantitative estimate of drug-likeness (QED) is 0.758. The minimum Gasteiger partial charge on any atom is -0.504 e. The second kappa shape index (κ2) is 3.64. The van der Waals surface area contributed by atoms with E-state index in [2.05, 4.69) is 4.98 Å². The average molecular weight is 257 g/mol. The molecule has 0 aliphatic rings. The summed E-state index contributed by atoms with van der Waals surface area (Å²) < 4.78 is 44.3. The molecule has 7 heteroatoms. The molecule has 0 bridgehead atoms. The first-order valence-electron chi connectivity index (χ1n) is 4.57. The number of aryl methyl sites for hydroxylation is 1. The number of phenolic OH excluding ortho intramolecular Hbond substituents is 1. The molecule has 0 aliphatic carbocycles. The Bertz CT molecular complexity index is 712. The van der Waals surface area contributed by atoms with E-state index >= 15 is 0 Å². The predicted molar refractivity (Wildman–Crippen MR) is 57.9 cm³/mol. The lowest BCUT2D eigenvalue weighted by atomic mass is 10.2. The third-order valence-electron chi connectivity index (χ3n) is 2.29. The van der Waals surface area contributed by atoms with E-state index in [1.54, 1.807) is 6.92 Å². The number of fused-ring (bicyclic) bond motifs is 1. The summed E-state index contributed by atoms with van der Waals surface area (Å²) in [6.07, 6.45) is 0. The van der Waals surface area contributed by atoms with Gasteiger partial charge in [-0.15, -0.1) is 0 Å². The van der Waals surface area contributed by atoms with Gasteiger partial charge in [0.05, 0.1) is 0 Å². The molecular formula is C10H8FNO4S. The lowest BCUT2D eigenvalue weighted by Gasteiger charge is -2.06. The van der Waals surface area contributed by atoms with Crippen molar-refractivity contribution < 1.29 is 22.5 Å². The third-order valence-corrected chi connectivity index (χ3v) is 3.15. The Hall–Kier alpha value is -1.73. The van der Waals surface area contributed by atoms with Gasteiger partial charge in [-0.2, -0.15) is 8.42 Å². The molecular weight excluding hydrogens is 249 g/mol. The zero-order valence-corrected chi connectivity index (χ0v) is 9.49. The Morgan fingerprint density at radius 3 is 2.59 bits per heavy atom. The van der Waals surface area contributed by atoms with Crippen LogP contribution >= 0.6 is 0 Å². The topological polar surface area (TPSA) is 87.5 Å². The molecule has 0 unspecified atom stereocenters. The fraction of sp³-hybridized carbons (Fsp3) is 0.100. The molecule has 2 N–H and O–H groups in total. The van der Waals surface area contributed by atoms with E-state index < -0.39 is 26.6 Å². The van der Waals surface area contributed by atoms with Gasteiger partial charge < -0.3 is 5.11 Å². The molecule has 17 heavy (non-hydrogen) atoms. The van der Waals surface area contributed by atoms with Crippen molar-refractivity contribution in [2.24, 2.45) is 0 Å². The van der Waals surface area contributed by atoms with E-state index in [0.29, 0.717) is 11.8 Å². The SMILES string of the molecule is Cc1ccc2c(F)cc(S(=O)(=O)O)c(O)c2n1. The zero-order chi connectivity index (χ0) is 12.8. The maximum atomic E-state index is 13.6. The maximum Gasteiger partial charge on any atom is 0.298 e. The van der Waals surface area contributed by atoms with Gasteiger partial charge in [-0.05, 0) is 25.1 Å². The monoisotopic (exact) mass is 257 g/mol. The first-order chi connectivity index (χ1) is 7.80. The summed E-state index contributed by atoms with van der Waals surface area (Å²) in [6, 6.07) is 3.46. The number of benzene rings is 1. The van der Waals surface area contributed by atoms with Gasteiger partial charge in [0.15, 0.2) is 5.75 Å². The number of aromatic hydroxyl groups is 1. The second-order valence-corrected chi connectivity index (χ2v) is 4.92. The van der Waals surface area contributed by atoms with Crippen LogP contribution in [0.5, 0.6) is 5.75 Å². The second-order valence-electron chi connectivity index (χ2n) is 3.53. The maximum absolute atomic E-state index is 13.6. The highest BCUT2D eigenvalue weighted by Crippen LogP contribution is 2.32. The minimum atomic E-state index is -4.69. The fourth-order valence-corrected chi connectivity index (χ4v) is 2.10. The molecule has 1 heterocycles. The van der Waals surface area contributed by atoms with Crippen molar-refractivity contribution in [2.45, 2.75) is 11.8 Å². The Labute approximate surface area is 96.3 Å². The largest absolute Gasteiger partial charge is 0.504 e. The van der Waals surface area contributed by atoms with Crippen LogP contribution in [0.1, 0.15) is 5.69 Å². The van der Waals surface area contributed by atoms with E-state index in [0.717, 1.165) is 0 Å². The standard InChI is InChI=1S/C10H8FNO4S/c1-5-2-3-6-7(11)4-8(17(14,15)16)10(13)9(6)12-5/h2-4,13H,1H3,(H,14,15,16). The summed E-state index contributed by atoms with van der Waals surface area (Å²) in [7, 11) is -4.69. The van der Waals surface area contributed by atoms with Gasteiger partial charge in [-0.1, -0.05) is 0 Å². The first-order valence-corrected chi connectivity index (χ1v) is 6.01. The number of pyridine rings is 1. The van der Waals surface area contributed by atoms with Gasteiger partial charge in [0.2, 0.25) is 0 Å². The smallest absolute Gasteiger partial charge is 0.298 e. The number of nitrogens with zero attached hydrogens (tertiary/aromatic N) is 1. The molecule has 0 spiro atoms. The third kappa shape index (κ3) is 1.94. The van der Waals surface area contributed by atoms with Crippen LogP contribution in [0.3, 0.4) is 0 Å². The van der Waals surface area contributed by atoms with E-state index in [4.69, 9.17) is 4.55 Å². The van der Waals surface area contributed by atoms with E-state index in [1.807, 2.05) is 0 Å². The van der Waals surface area contributed by atoms with Crippen LogP contribution in [0, 0.1) is 12.7 Å². The molecule has 0 saturated carbocycles. The summed E-state index contributed by atoms with van der Waals surface area (Å²) in [5.41, 5.74) is 0.289. The summed E-state index contributed by atoms with van der Waals surface area (Å²) in [5, 5.41) is 9.65. The highest BCUT2D eigenvalue weighted by molar-refractivity contribution is 7.86. The Morgan fingerprint density at radius 2 is 2.00 bits per heavy atom. The van der Waals surface area contributed by atoms with Crippen molar-refractivity contribution in [3.05, 3.63) is 29.7 Å². The van der Waals surface area contributed by atoms with E-state index in [1.165, 1.54) is 12.1 Å². The number of hydrogen-bond donors (Lipinski definition) is 2. The molecule has 0 fully saturated rings. The van der Waals surface area contributed by atoms with E-state index in [9.17, 15) is 17.9 Å². The van der Waals surface area contributed by atoms with Crippen molar-refractivity contribution >= 4 is 21.0 Å². The minimum absolute atomic E-state index is 0.0134. The van der Waals surface area contributed by atoms with Crippen molar-refractivity contribution in [3.63, 3.8) is 0 Å². The van der Waals surface area contributed by atoms with Gasteiger partial charge in [0.25, 0.3) is 10.1 Å². The molecule has 0 radical (unpaired) electrons. The Balaban J connectivity index is 2.98. The lowest BCUT2D eigenvalue weighted by molar-refractivity contribution is 0.444. The summed E-state index contributed by atoms with van der Waals surface area (Å²) in [6.45, 7) is 1.61. The van der Waals surface area contributed by atoms with Gasteiger partial charge in [0.1, 0.15) is 16.2 Å². The van der Waals surface area contributed by atoms with Crippen LogP contribution in [-0.4, -0.2) is 23.1 Å². The van der Waals surface area contributed by atoms with Crippen LogP contribution in [-0.2, 0) is 10.1 Å². The highest BCUT2D eigenvalue weighted by Gasteiger charge is 2.21. The van der Waals surface area contributed by atoms with Crippen LogP contribution in [0.25, 0.3) is 10.9 Å². The van der Waals surface area contributed by atoms with Crippen molar-refractivity contribution in [3.8, 4) is 5.75 Å². The van der Waals surface area contributed by atoms with Gasteiger partial charge >= 0.3 is 0 Å². The molecule has 0 aliphatic heterocycles. The number of rotatable bonds is 1. The van der Waals surface area contributed by atoms with Crippen LogP contribution in [0.2, 0.25) is 0 Å². The molecule has 90 valence electrons. The van der Waals surface area contributed by atoms with Crippen molar-refractivity contribution in [1.29, 1.82) is 0 Å². The lowest BCUT2D eigenvalue weighted by Crippen LogP contribution is -2.01. The van der Waals surface area contributed by atoms with Crippen LogP contribution in [0.15, 0.2) is 23.1 Å². The summed E-state index contributed by atoms with van der Waals surface area (Å²) >= 11 is 0. The number of hydrogen-bond acceptors (Lipinski definition) is 4. The molecule has 1 aromatic carbocycles. The fourth-order valence-electron chi connectivity index (χ4n) is 1.50. The molecule has 5 nitrogen and oxygen atoms in total. The zero-order valence-electron chi connectivity index (χ0n) is 8.68. The molecule has 0 amide bonds. The normalized spacial score (nSPS) is 11.9. The van der Waals surface area contributed by atoms with Crippen molar-refractivity contribution in [2.75, 3.05) is 0 Å². The molecule has 1 aromatic heterocycles. The van der Waals surface area contributed by atoms with Crippen LogP contribution < -0.4 is 0 Å². The van der Waals surface area contributed by atoms with Crippen molar-refractivity contribution in [1.82, 2.24) is 4.98 Å². The molecule has 0 atom stereocenters. The highest BCUT2D eigenvalue weighted by atomic mass is 32.2. The molecule has 2 rings (SSSR count). The van der Waals surface area contributed by atoms with Gasteiger partial charge in [0, 0.05) is 11.1 Å². The Morgan fingerprint density at radius 1 is 1.35 bits per heavy atom. The molecule has 0 saturated heterocycles. The number of phenols is 1. The predicted octanol–water partition coefficient (Wildman–Crippen LogP) is 1.63. The molecule has 2 aromatic rings. The van der Waals surface area contributed by atoms with E-state index in [-0.39, 0.29) is 10.9 Å². The van der Waals surface area contributed by atoms with Gasteiger partial charge in [-0.25, -0.2) is 9.37 Å². The first kappa shape index (κ1) is 11.7. The Kier molecular flexibility index (Phi) is 2.52. The number of halogens is 1. The summed E-state index contributed by atoms with van der Waals surface area (Å²) in [4.78, 5) is 2.96. The van der Waals surface area contributed by atoms with Crippen LogP contribution in [0.4, 0.5) is 4.39 Å². The van der Waals surface area contributed by atoms with Gasteiger partial charge in [-0.3, -0.25) is 4.55 Å².